The fourth-order valence-electron chi connectivity index (χ4n) is 3.37. The molecule has 1 N–H and O–H groups in total. The summed E-state index contributed by atoms with van der Waals surface area (Å²) in [5.74, 6) is 0.115. The predicted molar refractivity (Wildman–Crippen MR) is 92.4 cm³/mol. The molecule has 4 rings (SSSR count). The number of nitrogens with one attached hydrogen (secondary N) is 1. The zero-order chi connectivity index (χ0) is 16.4. The second-order valence-electron chi connectivity index (χ2n) is 6.13. The molecule has 0 saturated carbocycles. The standard InChI is InChI=1S/C19H20N4O/c24-19-12-17(15-6-2-1-3-7-15)22(11-9-20-19)14-16-13-21-18-8-4-5-10-23(16)18/h1-8,10,13,17H,9,11-12,14H2,(H,20,24). The summed E-state index contributed by atoms with van der Waals surface area (Å²) in [5.41, 5.74) is 3.28. The Labute approximate surface area is 140 Å². The van der Waals surface area contributed by atoms with E-state index in [-0.39, 0.29) is 11.9 Å². The Balaban J connectivity index is 1.66. The number of pyridine rings is 1. The number of amides is 1. The zero-order valence-electron chi connectivity index (χ0n) is 13.4. The van der Waals surface area contributed by atoms with E-state index in [1.807, 2.05) is 48.8 Å². The number of hydrogen-bond acceptors (Lipinski definition) is 3. The molecule has 2 aromatic heterocycles. The summed E-state index contributed by atoms with van der Waals surface area (Å²) in [4.78, 5) is 18.9. The van der Waals surface area contributed by atoms with Crippen LogP contribution >= 0.6 is 0 Å². The van der Waals surface area contributed by atoms with Crippen molar-refractivity contribution in [2.45, 2.75) is 19.0 Å². The van der Waals surface area contributed by atoms with E-state index >= 15 is 0 Å². The Morgan fingerprint density at radius 2 is 1.96 bits per heavy atom. The van der Waals surface area contributed by atoms with E-state index in [2.05, 4.69) is 31.7 Å². The lowest BCUT2D eigenvalue weighted by Gasteiger charge is -2.29. The Bertz CT molecular complexity index is 843. The Hall–Kier alpha value is -2.66. The van der Waals surface area contributed by atoms with Crippen molar-refractivity contribution in [2.24, 2.45) is 0 Å². The Morgan fingerprint density at radius 3 is 2.83 bits per heavy atom. The highest BCUT2D eigenvalue weighted by Gasteiger charge is 2.26. The van der Waals surface area contributed by atoms with Crippen LogP contribution in [0.15, 0.2) is 60.9 Å². The third-order valence-corrected chi connectivity index (χ3v) is 4.58. The molecule has 0 spiro atoms. The Kier molecular flexibility index (Phi) is 4.01. The molecule has 24 heavy (non-hydrogen) atoms. The van der Waals surface area contributed by atoms with Crippen LogP contribution < -0.4 is 5.32 Å². The molecule has 1 aliphatic rings. The first kappa shape index (κ1) is 14.9. The molecular formula is C19H20N4O. The van der Waals surface area contributed by atoms with Gasteiger partial charge in [-0.1, -0.05) is 36.4 Å². The van der Waals surface area contributed by atoms with E-state index < -0.39 is 0 Å². The highest BCUT2D eigenvalue weighted by molar-refractivity contribution is 5.77. The van der Waals surface area contributed by atoms with E-state index in [0.717, 1.165) is 24.4 Å². The van der Waals surface area contributed by atoms with Crippen LogP contribution in [0.2, 0.25) is 0 Å². The van der Waals surface area contributed by atoms with Crippen LogP contribution in [-0.2, 0) is 11.3 Å². The van der Waals surface area contributed by atoms with E-state index in [9.17, 15) is 4.79 Å². The van der Waals surface area contributed by atoms with E-state index in [4.69, 9.17) is 0 Å². The van der Waals surface area contributed by atoms with Gasteiger partial charge in [0.2, 0.25) is 5.91 Å². The lowest BCUT2D eigenvalue weighted by molar-refractivity contribution is -0.121. The van der Waals surface area contributed by atoms with Gasteiger partial charge in [-0.15, -0.1) is 0 Å². The topological polar surface area (TPSA) is 49.6 Å². The van der Waals surface area contributed by atoms with Crippen LogP contribution in [0, 0.1) is 0 Å². The van der Waals surface area contributed by atoms with Crippen molar-refractivity contribution in [3.63, 3.8) is 0 Å². The highest BCUT2D eigenvalue weighted by atomic mass is 16.1. The van der Waals surface area contributed by atoms with Crippen molar-refractivity contribution in [2.75, 3.05) is 13.1 Å². The molecule has 0 radical (unpaired) electrons. The van der Waals surface area contributed by atoms with Crippen molar-refractivity contribution < 1.29 is 4.79 Å². The molecule has 5 nitrogen and oxygen atoms in total. The molecule has 1 saturated heterocycles. The minimum atomic E-state index is 0.0861. The predicted octanol–water partition coefficient (Wildman–Crippen LogP) is 2.40. The van der Waals surface area contributed by atoms with Crippen LogP contribution in [0.5, 0.6) is 0 Å². The summed E-state index contributed by atoms with van der Waals surface area (Å²) in [7, 11) is 0. The lowest BCUT2D eigenvalue weighted by Crippen LogP contribution is -2.31. The van der Waals surface area contributed by atoms with E-state index in [0.29, 0.717) is 13.0 Å². The zero-order valence-corrected chi connectivity index (χ0v) is 13.4. The van der Waals surface area contributed by atoms with Gasteiger partial charge in [-0.25, -0.2) is 4.98 Å². The molecule has 1 unspecified atom stereocenters. The maximum absolute atomic E-state index is 12.1. The van der Waals surface area contributed by atoms with Gasteiger partial charge in [-0.05, 0) is 17.7 Å². The second kappa shape index (κ2) is 6.45. The first-order valence-electron chi connectivity index (χ1n) is 8.28. The molecule has 3 heterocycles. The molecule has 0 bridgehead atoms. The smallest absolute Gasteiger partial charge is 0.221 e. The maximum atomic E-state index is 12.1. The first-order valence-corrected chi connectivity index (χ1v) is 8.28. The van der Waals surface area contributed by atoms with Gasteiger partial charge in [0.15, 0.2) is 0 Å². The maximum Gasteiger partial charge on any atom is 0.221 e. The van der Waals surface area contributed by atoms with Crippen LogP contribution in [0.25, 0.3) is 5.65 Å². The molecule has 1 aliphatic heterocycles. The lowest BCUT2D eigenvalue weighted by atomic mass is 10.0. The monoisotopic (exact) mass is 320 g/mol. The molecule has 1 fully saturated rings. The van der Waals surface area contributed by atoms with Gasteiger partial charge in [-0.2, -0.15) is 0 Å². The number of benzene rings is 1. The molecule has 1 amide bonds. The normalized spacial score (nSPS) is 19.2. The minimum absolute atomic E-state index is 0.0861. The van der Waals surface area contributed by atoms with Gasteiger partial charge < -0.3 is 9.72 Å². The van der Waals surface area contributed by atoms with Gasteiger partial charge >= 0.3 is 0 Å². The van der Waals surface area contributed by atoms with Gasteiger partial charge in [0, 0.05) is 38.3 Å². The summed E-state index contributed by atoms with van der Waals surface area (Å²) >= 11 is 0. The van der Waals surface area contributed by atoms with Crippen molar-refractivity contribution in [1.29, 1.82) is 0 Å². The summed E-state index contributed by atoms with van der Waals surface area (Å²) in [5, 5.41) is 2.99. The molecule has 5 heteroatoms. The third-order valence-electron chi connectivity index (χ3n) is 4.58. The van der Waals surface area contributed by atoms with E-state index in [1.54, 1.807) is 0 Å². The largest absolute Gasteiger partial charge is 0.355 e. The minimum Gasteiger partial charge on any atom is -0.355 e. The van der Waals surface area contributed by atoms with E-state index in [1.165, 1.54) is 5.56 Å². The molecule has 122 valence electrons. The van der Waals surface area contributed by atoms with Crippen molar-refractivity contribution in [3.05, 3.63) is 72.2 Å². The second-order valence-corrected chi connectivity index (χ2v) is 6.13. The van der Waals surface area contributed by atoms with Gasteiger partial charge in [0.05, 0.1) is 11.9 Å². The highest BCUT2D eigenvalue weighted by Crippen LogP contribution is 2.27. The third kappa shape index (κ3) is 2.90. The van der Waals surface area contributed by atoms with Crippen molar-refractivity contribution in [3.8, 4) is 0 Å². The average molecular weight is 320 g/mol. The number of carbonyl (C=O) groups is 1. The molecule has 0 aliphatic carbocycles. The summed E-state index contributed by atoms with van der Waals surface area (Å²) in [6.45, 7) is 2.27. The fraction of sp³-hybridized carbons (Fsp3) is 0.263. The first-order chi connectivity index (χ1) is 11.8. The molecular weight excluding hydrogens is 300 g/mol. The summed E-state index contributed by atoms with van der Waals surface area (Å²) < 4.78 is 2.11. The van der Waals surface area contributed by atoms with Crippen molar-refractivity contribution in [1.82, 2.24) is 19.6 Å². The number of nitrogens with zero attached hydrogens (tertiary/aromatic N) is 3. The average Bonchev–Trinajstić information content (AvgIpc) is 2.93. The van der Waals surface area contributed by atoms with Gasteiger partial charge in [0.25, 0.3) is 0 Å². The fourth-order valence-corrected chi connectivity index (χ4v) is 3.37. The number of rotatable bonds is 3. The quantitative estimate of drug-likeness (QED) is 0.806. The number of hydrogen-bond donors (Lipinski definition) is 1. The number of imidazole rings is 1. The van der Waals surface area contributed by atoms with Crippen LogP contribution in [0.3, 0.4) is 0 Å². The molecule has 1 atom stereocenters. The van der Waals surface area contributed by atoms with Gasteiger partial charge in [0.1, 0.15) is 5.65 Å². The van der Waals surface area contributed by atoms with Crippen LogP contribution in [0.4, 0.5) is 0 Å². The van der Waals surface area contributed by atoms with Crippen LogP contribution in [-0.4, -0.2) is 33.3 Å². The molecule has 3 aromatic rings. The Morgan fingerprint density at radius 1 is 1.12 bits per heavy atom. The number of carbonyl (C=O) groups excluding carboxylic acids is 1. The molecule has 1 aromatic carbocycles. The number of aromatic nitrogens is 2. The summed E-state index contributed by atoms with van der Waals surface area (Å²) in [6.07, 6.45) is 4.45. The summed E-state index contributed by atoms with van der Waals surface area (Å²) in [6, 6.07) is 16.4. The SMILES string of the molecule is O=C1CC(c2ccccc2)N(Cc2cnc3ccccn23)CCN1. The van der Waals surface area contributed by atoms with Crippen LogP contribution in [0.1, 0.15) is 23.7 Å². The van der Waals surface area contributed by atoms with Crippen molar-refractivity contribution >= 4 is 11.6 Å². The number of fused-ring (bicyclic) bond motifs is 1. The van der Waals surface area contributed by atoms with Gasteiger partial charge in [-0.3, -0.25) is 9.69 Å².